The summed E-state index contributed by atoms with van der Waals surface area (Å²) in [6.07, 6.45) is 11.2. The zero-order chi connectivity index (χ0) is 22.1. The molecule has 0 bridgehead atoms. The Hall–Kier alpha value is -1.62. The summed E-state index contributed by atoms with van der Waals surface area (Å²) in [5.41, 5.74) is 0.693. The van der Waals surface area contributed by atoms with Gasteiger partial charge < -0.3 is 14.9 Å². The Balaban J connectivity index is 1.73. The monoisotopic (exact) mass is 418 g/mol. The molecule has 1 aliphatic heterocycles. The first-order valence-electron chi connectivity index (χ1n) is 11.6. The average Bonchev–Trinajstić information content (AvgIpc) is 2.64. The van der Waals surface area contributed by atoms with E-state index in [0.29, 0.717) is 42.4 Å². The number of aliphatic carboxylic acids is 1. The predicted molar refractivity (Wildman–Crippen MR) is 116 cm³/mol. The molecular formula is C25H38O5. The highest BCUT2D eigenvalue weighted by molar-refractivity contribution is 5.73. The van der Waals surface area contributed by atoms with Crippen molar-refractivity contribution in [3.8, 4) is 0 Å². The predicted octanol–water partition coefficient (Wildman–Crippen LogP) is 4.74. The molecule has 0 spiro atoms. The Labute approximate surface area is 180 Å². The van der Waals surface area contributed by atoms with Crippen molar-refractivity contribution in [1.29, 1.82) is 0 Å². The molecule has 2 aliphatic carbocycles. The number of allylic oxidation sites excluding steroid dienone is 4. The molecule has 5 heteroatoms. The molecule has 0 saturated carbocycles. The van der Waals surface area contributed by atoms with Crippen molar-refractivity contribution in [2.75, 3.05) is 0 Å². The first-order chi connectivity index (χ1) is 14.1. The van der Waals surface area contributed by atoms with E-state index in [4.69, 9.17) is 4.74 Å². The average molecular weight is 419 g/mol. The van der Waals surface area contributed by atoms with Crippen LogP contribution in [0.5, 0.6) is 0 Å². The Morgan fingerprint density at radius 1 is 1.20 bits per heavy atom. The number of carboxylic acid groups (broad SMARTS) is 1. The minimum Gasteiger partial charge on any atom is -0.481 e. The van der Waals surface area contributed by atoms with Crippen LogP contribution in [0.1, 0.15) is 72.6 Å². The SMILES string of the molecule is C[C@H]1C=C2C=C[C@H](C)[C@H](CC[C@@H]3C[C@@H](O)CC(=O)O3)[C@H]2[C@@H](CCC(C)(C)C(=O)O)C1. The van der Waals surface area contributed by atoms with E-state index >= 15 is 0 Å². The summed E-state index contributed by atoms with van der Waals surface area (Å²) in [7, 11) is 0. The third-order valence-electron chi connectivity index (χ3n) is 7.55. The minimum atomic E-state index is -0.728. The Kier molecular flexibility index (Phi) is 7.11. The van der Waals surface area contributed by atoms with E-state index in [1.165, 1.54) is 5.57 Å². The molecule has 1 saturated heterocycles. The summed E-state index contributed by atoms with van der Waals surface area (Å²) < 4.78 is 5.48. The molecule has 5 nitrogen and oxygen atoms in total. The number of aliphatic hydroxyl groups excluding tert-OH is 1. The van der Waals surface area contributed by atoms with Crippen LogP contribution in [-0.2, 0) is 14.3 Å². The topological polar surface area (TPSA) is 83.8 Å². The molecule has 1 heterocycles. The fourth-order valence-electron chi connectivity index (χ4n) is 5.71. The lowest BCUT2D eigenvalue weighted by Crippen LogP contribution is -2.37. The van der Waals surface area contributed by atoms with Gasteiger partial charge in [0, 0.05) is 6.42 Å². The number of carbonyl (C=O) groups excluding carboxylic acids is 1. The van der Waals surface area contributed by atoms with Crippen LogP contribution in [0.25, 0.3) is 0 Å². The maximum Gasteiger partial charge on any atom is 0.309 e. The molecule has 2 N–H and O–H groups in total. The first-order valence-corrected chi connectivity index (χ1v) is 11.6. The van der Waals surface area contributed by atoms with E-state index in [9.17, 15) is 19.8 Å². The third-order valence-corrected chi connectivity index (χ3v) is 7.55. The first kappa shape index (κ1) is 23.1. The van der Waals surface area contributed by atoms with Gasteiger partial charge >= 0.3 is 11.9 Å². The summed E-state index contributed by atoms with van der Waals surface area (Å²) in [6, 6.07) is 0. The van der Waals surface area contributed by atoms with Crippen LogP contribution >= 0.6 is 0 Å². The third kappa shape index (κ3) is 5.35. The van der Waals surface area contributed by atoms with Crippen LogP contribution in [0.3, 0.4) is 0 Å². The molecule has 0 aromatic rings. The summed E-state index contributed by atoms with van der Waals surface area (Å²) >= 11 is 0. The number of aliphatic hydroxyl groups is 1. The number of carboxylic acids is 1. The van der Waals surface area contributed by atoms with E-state index in [1.54, 1.807) is 0 Å². The maximum atomic E-state index is 11.7. The molecule has 168 valence electrons. The van der Waals surface area contributed by atoms with Crippen LogP contribution in [0.2, 0.25) is 0 Å². The molecule has 30 heavy (non-hydrogen) atoms. The standard InChI is InChI=1S/C25H38O5/c1-15-11-17-6-5-16(2)21(8-7-20-13-19(26)14-22(27)30-20)23(17)18(12-15)9-10-25(3,4)24(28)29/h5-6,11,15-16,18-21,23,26H,7-10,12-14H2,1-4H3,(H,28,29)/t15-,16-,18-,19+,20+,21-,23+/m0/s1. The van der Waals surface area contributed by atoms with Crippen molar-refractivity contribution >= 4 is 11.9 Å². The van der Waals surface area contributed by atoms with Crippen molar-refractivity contribution in [2.45, 2.75) is 84.8 Å². The highest BCUT2D eigenvalue weighted by Gasteiger charge is 2.41. The van der Waals surface area contributed by atoms with Gasteiger partial charge in [0.1, 0.15) is 6.10 Å². The zero-order valence-corrected chi connectivity index (χ0v) is 18.8. The van der Waals surface area contributed by atoms with Gasteiger partial charge in [-0.05, 0) is 81.1 Å². The van der Waals surface area contributed by atoms with Gasteiger partial charge in [0.25, 0.3) is 0 Å². The van der Waals surface area contributed by atoms with Crippen molar-refractivity contribution in [3.05, 3.63) is 23.8 Å². The number of rotatable bonds is 7. The molecule has 3 aliphatic rings. The van der Waals surface area contributed by atoms with E-state index in [0.717, 1.165) is 25.7 Å². The Morgan fingerprint density at radius 3 is 2.60 bits per heavy atom. The van der Waals surface area contributed by atoms with Crippen LogP contribution in [0, 0.1) is 35.0 Å². The second kappa shape index (κ2) is 9.25. The number of cyclic esters (lactones) is 1. The minimum absolute atomic E-state index is 0.105. The molecular weight excluding hydrogens is 380 g/mol. The van der Waals surface area contributed by atoms with Gasteiger partial charge in [-0.2, -0.15) is 0 Å². The molecule has 0 radical (unpaired) electrons. The highest BCUT2D eigenvalue weighted by Crippen LogP contribution is 2.49. The van der Waals surface area contributed by atoms with Gasteiger partial charge in [0.2, 0.25) is 0 Å². The lowest BCUT2D eigenvalue weighted by atomic mass is 9.60. The van der Waals surface area contributed by atoms with Crippen molar-refractivity contribution < 1.29 is 24.5 Å². The number of hydrogen-bond acceptors (Lipinski definition) is 4. The smallest absolute Gasteiger partial charge is 0.309 e. The Bertz CT molecular complexity index is 706. The highest BCUT2D eigenvalue weighted by atomic mass is 16.5. The van der Waals surface area contributed by atoms with E-state index in [1.807, 2.05) is 13.8 Å². The molecule has 0 aromatic carbocycles. The van der Waals surface area contributed by atoms with Gasteiger partial charge in [-0.15, -0.1) is 0 Å². The molecule has 0 unspecified atom stereocenters. The lowest BCUT2D eigenvalue weighted by Gasteiger charge is -2.44. The van der Waals surface area contributed by atoms with Gasteiger partial charge in [0.15, 0.2) is 0 Å². The molecule has 3 rings (SSSR count). The van der Waals surface area contributed by atoms with Crippen LogP contribution in [-0.4, -0.2) is 34.4 Å². The number of fused-ring (bicyclic) bond motifs is 1. The molecule has 0 aromatic heterocycles. The van der Waals surface area contributed by atoms with Crippen LogP contribution in [0.15, 0.2) is 23.8 Å². The second-order valence-corrected chi connectivity index (χ2v) is 10.6. The molecule has 7 atom stereocenters. The van der Waals surface area contributed by atoms with Crippen LogP contribution < -0.4 is 0 Å². The number of carbonyl (C=O) groups is 2. The summed E-state index contributed by atoms with van der Waals surface area (Å²) in [5.74, 6) is 1.25. The quantitative estimate of drug-likeness (QED) is 0.583. The molecule has 0 amide bonds. The summed E-state index contributed by atoms with van der Waals surface area (Å²) in [4.78, 5) is 23.3. The largest absolute Gasteiger partial charge is 0.481 e. The fraction of sp³-hybridized carbons (Fsp3) is 0.760. The van der Waals surface area contributed by atoms with Crippen LogP contribution in [0.4, 0.5) is 0 Å². The van der Waals surface area contributed by atoms with E-state index in [-0.39, 0.29) is 18.5 Å². The number of hydrogen-bond donors (Lipinski definition) is 2. The maximum absolute atomic E-state index is 11.7. The zero-order valence-electron chi connectivity index (χ0n) is 18.8. The van der Waals surface area contributed by atoms with Crippen molar-refractivity contribution in [1.82, 2.24) is 0 Å². The normalized spacial score (nSPS) is 36.6. The molecule has 1 fully saturated rings. The van der Waals surface area contributed by atoms with E-state index < -0.39 is 17.5 Å². The summed E-state index contributed by atoms with van der Waals surface area (Å²) in [6.45, 7) is 8.15. The second-order valence-electron chi connectivity index (χ2n) is 10.6. The van der Waals surface area contributed by atoms with Gasteiger partial charge in [0.05, 0.1) is 17.9 Å². The number of esters is 1. The van der Waals surface area contributed by atoms with Crippen molar-refractivity contribution in [2.24, 2.45) is 35.0 Å². The lowest BCUT2D eigenvalue weighted by molar-refractivity contribution is -0.160. The fourth-order valence-corrected chi connectivity index (χ4v) is 5.71. The van der Waals surface area contributed by atoms with Gasteiger partial charge in [-0.25, -0.2) is 0 Å². The van der Waals surface area contributed by atoms with Crippen molar-refractivity contribution in [3.63, 3.8) is 0 Å². The van der Waals surface area contributed by atoms with Gasteiger partial charge in [-0.1, -0.05) is 32.1 Å². The Morgan fingerprint density at radius 2 is 1.93 bits per heavy atom. The van der Waals surface area contributed by atoms with Gasteiger partial charge in [-0.3, -0.25) is 9.59 Å². The summed E-state index contributed by atoms with van der Waals surface area (Å²) in [5, 5.41) is 19.5. The number of ether oxygens (including phenoxy) is 1. The van der Waals surface area contributed by atoms with E-state index in [2.05, 4.69) is 32.1 Å².